The number of anilines is 1. The van der Waals surface area contributed by atoms with Crippen molar-refractivity contribution in [2.24, 2.45) is 13.0 Å². The summed E-state index contributed by atoms with van der Waals surface area (Å²) in [6.07, 6.45) is 6.97. The van der Waals surface area contributed by atoms with Crippen molar-refractivity contribution in [3.8, 4) is 11.5 Å². The smallest absolute Gasteiger partial charge is 0.229 e. The lowest BCUT2D eigenvalue weighted by Crippen LogP contribution is -2.28. The molecular weight excluding hydrogens is 330 g/mol. The molecule has 1 aliphatic rings. The average molecular weight is 351 g/mol. The Hall–Kier alpha value is -2.93. The van der Waals surface area contributed by atoms with Crippen molar-refractivity contribution in [1.82, 2.24) is 20.1 Å². The van der Waals surface area contributed by atoms with Gasteiger partial charge in [-0.25, -0.2) is 4.98 Å². The summed E-state index contributed by atoms with van der Waals surface area (Å²) < 4.78 is 7.16. The van der Waals surface area contributed by atoms with Crippen molar-refractivity contribution < 1.29 is 9.21 Å². The minimum atomic E-state index is -0.134. The molecule has 1 amide bonds. The molecule has 7 heteroatoms. The highest BCUT2D eigenvalue weighted by molar-refractivity contribution is 5.94. The highest BCUT2D eigenvalue weighted by Gasteiger charge is 2.34. The molecule has 0 unspecified atom stereocenters. The lowest BCUT2D eigenvalue weighted by Gasteiger charge is -2.17. The van der Waals surface area contributed by atoms with Gasteiger partial charge in [0.25, 0.3) is 0 Å². The number of amides is 1. The van der Waals surface area contributed by atoms with Gasteiger partial charge in [0.2, 0.25) is 11.8 Å². The maximum atomic E-state index is 12.9. The van der Waals surface area contributed by atoms with Gasteiger partial charge in [0, 0.05) is 43.5 Å². The number of hydrogen-bond donors (Lipinski definition) is 2. The molecule has 0 spiro atoms. The fourth-order valence-electron chi connectivity index (χ4n) is 3.46. The summed E-state index contributed by atoms with van der Waals surface area (Å²) in [7, 11) is 1.89. The van der Waals surface area contributed by atoms with Crippen LogP contribution in [0.1, 0.15) is 17.0 Å². The molecule has 1 aromatic carbocycles. The van der Waals surface area contributed by atoms with Gasteiger partial charge in [-0.15, -0.1) is 0 Å². The molecule has 2 aromatic heterocycles. The number of aromatic nitrogens is 3. The van der Waals surface area contributed by atoms with Gasteiger partial charge in [0.15, 0.2) is 0 Å². The minimum Gasteiger partial charge on any atom is -0.445 e. The van der Waals surface area contributed by atoms with E-state index in [1.54, 1.807) is 17.1 Å². The van der Waals surface area contributed by atoms with E-state index in [1.807, 2.05) is 44.6 Å². The highest BCUT2D eigenvalue weighted by atomic mass is 16.3. The van der Waals surface area contributed by atoms with Crippen LogP contribution in [0, 0.1) is 12.8 Å². The molecule has 3 heterocycles. The van der Waals surface area contributed by atoms with Crippen molar-refractivity contribution in [3.05, 3.63) is 54.2 Å². The summed E-state index contributed by atoms with van der Waals surface area (Å²) in [5.41, 5.74) is 3.75. The number of oxazole rings is 1. The minimum absolute atomic E-state index is 0.00561. The first kappa shape index (κ1) is 16.5. The monoisotopic (exact) mass is 351 g/mol. The molecule has 1 saturated heterocycles. The lowest BCUT2D eigenvalue weighted by atomic mass is 9.90. The molecule has 26 heavy (non-hydrogen) atoms. The first-order valence-electron chi connectivity index (χ1n) is 8.62. The van der Waals surface area contributed by atoms with E-state index in [0.29, 0.717) is 12.4 Å². The second-order valence-corrected chi connectivity index (χ2v) is 6.67. The molecule has 7 nitrogen and oxygen atoms in total. The Labute approximate surface area is 151 Å². The summed E-state index contributed by atoms with van der Waals surface area (Å²) in [4.78, 5) is 17.1. The van der Waals surface area contributed by atoms with Crippen LogP contribution in [0.4, 0.5) is 5.69 Å². The lowest BCUT2D eigenvalue weighted by molar-refractivity contribution is -0.119. The van der Waals surface area contributed by atoms with E-state index < -0.39 is 0 Å². The number of hydrogen-bond acceptors (Lipinski definition) is 5. The quantitative estimate of drug-likeness (QED) is 0.753. The van der Waals surface area contributed by atoms with Crippen LogP contribution in [0.5, 0.6) is 0 Å². The van der Waals surface area contributed by atoms with Gasteiger partial charge in [0.1, 0.15) is 6.26 Å². The number of nitrogens with one attached hydrogen (secondary N) is 2. The van der Waals surface area contributed by atoms with Crippen LogP contribution in [0.3, 0.4) is 0 Å². The molecule has 0 radical (unpaired) electrons. The summed E-state index contributed by atoms with van der Waals surface area (Å²) in [6, 6.07) is 5.77. The molecule has 1 aliphatic heterocycles. The Kier molecular flexibility index (Phi) is 4.30. The fourth-order valence-corrected chi connectivity index (χ4v) is 3.46. The van der Waals surface area contributed by atoms with Gasteiger partial charge in [-0.1, -0.05) is 6.07 Å². The van der Waals surface area contributed by atoms with E-state index in [4.69, 9.17) is 4.42 Å². The largest absolute Gasteiger partial charge is 0.445 e. The number of aryl methyl sites for hydroxylation is 2. The van der Waals surface area contributed by atoms with Crippen LogP contribution in [0.15, 0.2) is 47.5 Å². The van der Waals surface area contributed by atoms with Crippen molar-refractivity contribution in [3.63, 3.8) is 0 Å². The molecule has 0 bridgehead atoms. The highest BCUT2D eigenvalue weighted by Crippen LogP contribution is 2.30. The molecule has 2 N–H and O–H groups in total. The zero-order chi connectivity index (χ0) is 18.1. The van der Waals surface area contributed by atoms with E-state index in [0.717, 1.165) is 28.9 Å². The van der Waals surface area contributed by atoms with Gasteiger partial charge >= 0.3 is 0 Å². The Morgan fingerprint density at radius 1 is 1.38 bits per heavy atom. The first-order valence-corrected chi connectivity index (χ1v) is 8.62. The molecular formula is C19H21N5O2. The normalized spacial score (nSPS) is 19.6. The van der Waals surface area contributed by atoms with E-state index in [1.165, 1.54) is 0 Å². The van der Waals surface area contributed by atoms with Crippen LogP contribution < -0.4 is 10.6 Å². The fraction of sp³-hybridized carbons (Fsp3) is 0.316. The number of nitrogens with zero attached hydrogens (tertiary/aromatic N) is 3. The van der Waals surface area contributed by atoms with Crippen molar-refractivity contribution in [2.75, 3.05) is 18.4 Å². The Morgan fingerprint density at radius 3 is 3.00 bits per heavy atom. The van der Waals surface area contributed by atoms with E-state index in [-0.39, 0.29) is 17.7 Å². The van der Waals surface area contributed by atoms with Crippen molar-refractivity contribution in [1.29, 1.82) is 0 Å². The van der Waals surface area contributed by atoms with Crippen molar-refractivity contribution in [2.45, 2.75) is 12.8 Å². The van der Waals surface area contributed by atoms with Gasteiger partial charge in [0.05, 0.1) is 18.3 Å². The number of carbonyl (C=O) groups excluding carboxylic acids is 1. The molecule has 3 aromatic rings. The zero-order valence-corrected chi connectivity index (χ0v) is 14.8. The van der Waals surface area contributed by atoms with Crippen molar-refractivity contribution >= 4 is 11.6 Å². The van der Waals surface area contributed by atoms with Gasteiger partial charge in [-0.3, -0.25) is 9.48 Å². The molecule has 0 aliphatic carbocycles. The van der Waals surface area contributed by atoms with Crippen LogP contribution in [-0.2, 0) is 11.8 Å². The third-order valence-electron chi connectivity index (χ3n) is 4.87. The van der Waals surface area contributed by atoms with Crippen LogP contribution in [0.2, 0.25) is 0 Å². The maximum Gasteiger partial charge on any atom is 0.229 e. The third kappa shape index (κ3) is 3.13. The van der Waals surface area contributed by atoms with E-state index in [9.17, 15) is 4.79 Å². The molecule has 0 saturated carbocycles. The van der Waals surface area contributed by atoms with Crippen LogP contribution in [0.25, 0.3) is 11.5 Å². The average Bonchev–Trinajstić information content (AvgIpc) is 3.37. The van der Waals surface area contributed by atoms with Crippen LogP contribution >= 0.6 is 0 Å². The summed E-state index contributed by atoms with van der Waals surface area (Å²) >= 11 is 0. The predicted molar refractivity (Wildman–Crippen MR) is 97.6 cm³/mol. The Balaban J connectivity index is 1.54. The number of rotatable bonds is 4. The van der Waals surface area contributed by atoms with Gasteiger partial charge in [-0.05, 0) is 30.2 Å². The Morgan fingerprint density at radius 2 is 2.27 bits per heavy atom. The standard InChI is InChI=1S/C19H21N5O2/c1-12-3-4-14(7-15(12)19-21-5-6-26-19)23-18(25)17-10-20-9-16(17)13-8-22-24(2)11-13/h3-8,11,16-17,20H,9-10H2,1-2H3,(H,23,25)/t16-,17+/m1/s1. The third-order valence-corrected chi connectivity index (χ3v) is 4.87. The van der Waals surface area contributed by atoms with Gasteiger partial charge in [-0.2, -0.15) is 5.10 Å². The topological polar surface area (TPSA) is 85.0 Å². The second-order valence-electron chi connectivity index (χ2n) is 6.67. The summed E-state index contributed by atoms with van der Waals surface area (Å²) in [5, 5.41) is 10.6. The van der Waals surface area contributed by atoms with E-state index >= 15 is 0 Å². The van der Waals surface area contributed by atoms with Crippen LogP contribution in [-0.4, -0.2) is 33.8 Å². The molecule has 134 valence electrons. The first-order chi connectivity index (χ1) is 12.6. The molecule has 1 fully saturated rings. The van der Waals surface area contributed by atoms with E-state index in [2.05, 4.69) is 20.7 Å². The van der Waals surface area contributed by atoms with Gasteiger partial charge < -0.3 is 15.1 Å². The number of benzene rings is 1. The molecule has 4 rings (SSSR count). The number of carbonyl (C=O) groups is 1. The summed E-state index contributed by atoms with van der Waals surface area (Å²) in [6.45, 7) is 3.42. The SMILES string of the molecule is Cc1ccc(NC(=O)[C@H]2CNC[C@@H]2c2cnn(C)c2)cc1-c1ncco1. The zero-order valence-electron chi connectivity index (χ0n) is 14.8. The second kappa shape index (κ2) is 6.76. The summed E-state index contributed by atoms with van der Waals surface area (Å²) in [5.74, 6) is 0.548. The predicted octanol–water partition coefficient (Wildman–Crippen LogP) is 2.33. The maximum absolute atomic E-state index is 12.9. The Bertz CT molecular complexity index is 916. The molecule has 2 atom stereocenters.